The molecule has 9 heteroatoms. The van der Waals surface area contributed by atoms with Crippen molar-refractivity contribution in [1.82, 2.24) is 10.2 Å². The van der Waals surface area contributed by atoms with Gasteiger partial charge in [0, 0.05) is 0 Å². The second kappa shape index (κ2) is 7.93. The van der Waals surface area contributed by atoms with Crippen LogP contribution in [0, 0.1) is 6.92 Å². The van der Waals surface area contributed by atoms with Crippen LogP contribution in [0.2, 0.25) is 0 Å². The number of benzene rings is 2. The van der Waals surface area contributed by atoms with Gasteiger partial charge < -0.3 is 9.15 Å². The monoisotopic (exact) mass is 461 g/mol. The number of anilines is 1. The van der Waals surface area contributed by atoms with Crippen molar-refractivity contribution < 1.29 is 18.7 Å². The third-order valence-electron chi connectivity index (χ3n) is 5.64. The summed E-state index contributed by atoms with van der Waals surface area (Å²) in [7, 11) is 1.31. The number of esters is 1. The lowest BCUT2D eigenvalue weighted by Gasteiger charge is -2.22. The van der Waals surface area contributed by atoms with Crippen LogP contribution in [0.1, 0.15) is 55.6 Å². The number of methoxy groups -OCH3 is 1. The van der Waals surface area contributed by atoms with Crippen LogP contribution in [-0.4, -0.2) is 29.2 Å². The SMILES string of the molecule is CCc1nnc(N2C(=O)c3oc4ccc(C)cc4c(=O)c3[C@@H]2c2ccc(C(=O)OC)cc2)s1. The van der Waals surface area contributed by atoms with E-state index in [0.717, 1.165) is 10.6 Å². The van der Waals surface area contributed by atoms with Crippen molar-refractivity contribution in [3.63, 3.8) is 0 Å². The van der Waals surface area contributed by atoms with Crippen LogP contribution in [0.5, 0.6) is 0 Å². The van der Waals surface area contributed by atoms with E-state index >= 15 is 0 Å². The number of carbonyl (C=O) groups excluding carboxylic acids is 2. The molecule has 0 fully saturated rings. The summed E-state index contributed by atoms with van der Waals surface area (Å²) in [6.45, 7) is 3.84. The van der Waals surface area contributed by atoms with Gasteiger partial charge in [0.15, 0.2) is 5.43 Å². The first-order valence-electron chi connectivity index (χ1n) is 10.3. The molecule has 166 valence electrons. The molecule has 0 saturated heterocycles. The zero-order chi connectivity index (χ0) is 23.3. The van der Waals surface area contributed by atoms with Gasteiger partial charge in [-0.25, -0.2) is 4.79 Å². The molecule has 5 rings (SSSR count). The molecule has 8 nitrogen and oxygen atoms in total. The highest BCUT2D eigenvalue weighted by molar-refractivity contribution is 7.15. The quantitative estimate of drug-likeness (QED) is 0.422. The van der Waals surface area contributed by atoms with Gasteiger partial charge in [0.2, 0.25) is 10.9 Å². The Balaban J connectivity index is 1.75. The van der Waals surface area contributed by atoms with Gasteiger partial charge in [-0.1, -0.05) is 42.0 Å². The van der Waals surface area contributed by atoms with E-state index in [9.17, 15) is 14.4 Å². The van der Waals surface area contributed by atoms with Crippen molar-refractivity contribution in [2.45, 2.75) is 26.3 Å². The van der Waals surface area contributed by atoms with Crippen LogP contribution in [-0.2, 0) is 11.2 Å². The predicted molar refractivity (Wildman–Crippen MR) is 123 cm³/mol. The van der Waals surface area contributed by atoms with Crippen molar-refractivity contribution >= 4 is 39.3 Å². The highest BCUT2D eigenvalue weighted by atomic mass is 32.1. The van der Waals surface area contributed by atoms with E-state index in [2.05, 4.69) is 10.2 Å². The minimum absolute atomic E-state index is 0.00774. The molecule has 0 spiro atoms. The van der Waals surface area contributed by atoms with Crippen molar-refractivity contribution in [3.8, 4) is 0 Å². The summed E-state index contributed by atoms with van der Waals surface area (Å²) < 4.78 is 10.7. The van der Waals surface area contributed by atoms with E-state index in [1.54, 1.807) is 36.4 Å². The molecule has 1 atom stereocenters. The highest BCUT2D eigenvalue weighted by Crippen LogP contribution is 2.42. The highest BCUT2D eigenvalue weighted by Gasteiger charge is 2.45. The number of rotatable bonds is 4. The van der Waals surface area contributed by atoms with Crippen LogP contribution in [0.15, 0.2) is 51.7 Å². The molecule has 1 amide bonds. The summed E-state index contributed by atoms with van der Waals surface area (Å²) >= 11 is 1.29. The van der Waals surface area contributed by atoms with Crippen molar-refractivity contribution in [1.29, 1.82) is 0 Å². The molecule has 0 N–H and O–H groups in total. The van der Waals surface area contributed by atoms with Gasteiger partial charge in [-0.15, -0.1) is 10.2 Å². The number of hydrogen-bond acceptors (Lipinski definition) is 8. The molecular weight excluding hydrogens is 442 g/mol. The maximum absolute atomic E-state index is 13.6. The number of carbonyl (C=O) groups is 2. The van der Waals surface area contributed by atoms with Crippen LogP contribution in [0.3, 0.4) is 0 Å². The van der Waals surface area contributed by atoms with Gasteiger partial charge in [0.05, 0.1) is 29.7 Å². The number of amides is 1. The molecule has 4 aromatic rings. The van der Waals surface area contributed by atoms with Crippen molar-refractivity contribution in [2.24, 2.45) is 0 Å². The van der Waals surface area contributed by atoms with E-state index in [-0.39, 0.29) is 16.8 Å². The second-order valence-electron chi connectivity index (χ2n) is 7.70. The van der Waals surface area contributed by atoms with Gasteiger partial charge in [-0.2, -0.15) is 0 Å². The summed E-state index contributed by atoms with van der Waals surface area (Å²) in [6, 6.07) is 11.1. The fraction of sp³-hybridized carbons (Fsp3) is 0.208. The number of nitrogens with zero attached hydrogens (tertiary/aromatic N) is 3. The number of ether oxygens (including phenoxy) is 1. The van der Waals surface area contributed by atoms with Crippen molar-refractivity contribution in [2.75, 3.05) is 12.0 Å². The summed E-state index contributed by atoms with van der Waals surface area (Å²) in [5.41, 5.74) is 2.24. The third-order valence-corrected chi connectivity index (χ3v) is 6.70. The smallest absolute Gasteiger partial charge is 0.337 e. The number of aromatic nitrogens is 2. The van der Waals surface area contributed by atoms with Crippen LogP contribution in [0.4, 0.5) is 5.13 Å². The standard InChI is InChI=1S/C24H19N3O5S/c1-4-17-25-26-24(33-17)27-19(13-6-8-14(9-7-13)23(30)31-3)18-20(28)15-11-12(2)5-10-16(15)32-21(18)22(27)29/h5-11,19H,4H2,1-3H3/t19-/m0/s1. The van der Waals surface area contributed by atoms with E-state index in [1.807, 2.05) is 19.9 Å². The topological polar surface area (TPSA) is 103 Å². The van der Waals surface area contributed by atoms with Crippen LogP contribution >= 0.6 is 11.3 Å². The van der Waals surface area contributed by atoms with E-state index < -0.39 is 17.9 Å². The van der Waals surface area contributed by atoms with Gasteiger partial charge in [0.1, 0.15) is 10.6 Å². The fourth-order valence-corrected chi connectivity index (χ4v) is 4.81. The second-order valence-corrected chi connectivity index (χ2v) is 8.74. The van der Waals surface area contributed by atoms with Crippen LogP contribution in [0.25, 0.3) is 11.0 Å². The van der Waals surface area contributed by atoms with E-state index in [4.69, 9.17) is 9.15 Å². The Labute approximate surface area is 192 Å². The van der Waals surface area contributed by atoms with Crippen molar-refractivity contribution in [3.05, 3.63) is 85.7 Å². The average molecular weight is 461 g/mol. The van der Waals surface area contributed by atoms with Gasteiger partial charge in [-0.05, 0) is 43.2 Å². The van der Waals surface area contributed by atoms with Gasteiger partial charge in [0.25, 0.3) is 5.91 Å². The lowest BCUT2D eigenvalue weighted by molar-refractivity contribution is 0.0600. The summed E-state index contributed by atoms with van der Waals surface area (Å²) in [6.07, 6.45) is 0.672. The molecular formula is C24H19N3O5S. The Morgan fingerprint density at radius 2 is 1.91 bits per heavy atom. The first-order chi connectivity index (χ1) is 15.9. The molecule has 33 heavy (non-hydrogen) atoms. The van der Waals surface area contributed by atoms with Gasteiger partial charge in [-0.3, -0.25) is 14.5 Å². The van der Waals surface area contributed by atoms with E-state index in [1.165, 1.54) is 23.3 Å². The largest absolute Gasteiger partial charge is 0.465 e. The molecule has 0 saturated carbocycles. The Kier molecular flexibility index (Phi) is 5.05. The molecule has 2 aromatic carbocycles. The molecule has 1 aliphatic heterocycles. The Morgan fingerprint density at radius 1 is 1.15 bits per heavy atom. The zero-order valence-electron chi connectivity index (χ0n) is 18.1. The molecule has 0 bridgehead atoms. The van der Waals surface area contributed by atoms with E-state index in [0.29, 0.717) is 33.6 Å². The maximum Gasteiger partial charge on any atom is 0.337 e. The summed E-state index contributed by atoms with van der Waals surface area (Å²) in [5.74, 6) is -0.934. The average Bonchev–Trinajstić information content (AvgIpc) is 3.42. The first kappa shape index (κ1) is 21.0. The lowest BCUT2D eigenvalue weighted by atomic mass is 9.97. The minimum atomic E-state index is -0.766. The molecule has 0 aliphatic carbocycles. The Bertz CT molecular complexity index is 1470. The molecule has 3 heterocycles. The summed E-state index contributed by atoms with van der Waals surface area (Å²) in [4.78, 5) is 40.5. The molecule has 0 unspecified atom stereocenters. The minimum Gasteiger partial charge on any atom is -0.465 e. The van der Waals surface area contributed by atoms with Gasteiger partial charge >= 0.3 is 5.97 Å². The van der Waals surface area contributed by atoms with Crippen LogP contribution < -0.4 is 10.3 Å². The third kappa shape index (κ3) is 3.32. The molecule has 1 aliphatic rings. The maximum atomic E-state index is 13.6. The first-order valence-corrected chi connectivity index (χ1v) is 11.2. The Hall–Kier alpha value is -3.85. The Morgan fingerprint density at radius 3 is 2.58 bits per heavy atom. The molecule has 2 aromatic heterocycles. The predicted octanol–water partition coefficient (Wildman–Crippen LogP) is 4.05. The number of fused-ring (bicyclic) bond motifs is 2. The lowest BCUT2D eigenvalue weighted by Crippen LogP contribution is -2.29. The summed E-state index contributed by atoms with van der Waals surface area (Å²) in [5, 5.41) is 9.91. The fourth-order valence-electron chi connectivity index (χ4n) is 4.00. The molecule has 0 radical (unpaired) electrons. The normalized spacial score (nSPS) is 15.2. The zero-order valence-corrected chi connectivity index (χ0v) is 18.9. The number of aryl methyl sites for hydroxylation is 2. The number of hydrogen-bond donors (Lipinski definition) is 0.